The van der Waals surface area contributed by atoms with Gasteiger partial charge >= 0.3 is 0 Å². The minimum absolute atomic E-state index is 0.108. The van der Waals surface area contributed by atoms with E-state index in [1.54, 1.807) is 29.2 Å². The van der Waals surface area contributed by atoms with Crippen LogP contribution in [0.15, 0.2) is 30.3 Å². The normalized spacial score (nSPS) is 14.9. The summed E-state index contributed by atoms with van der Waals surface area (Å²) in [7, 11) is 0. The van der Waals surface area contributed by atoms with Gasteiger partial charge in [0.15, 0.2) is 0 Å². The molecule has 21 heavy (non-hydrogen) atoms. The molecule has 112 valence electrons. The molecule has 1 aromatic rings. The second kappa shape index (κ2) is 7.02. The Balaban J connectivity index is 2.01. The number of likely N-dealkylation sites (tertiary alicyclic amines) is 1. The molecule has 5 heteroatoms. The largest absolute Gasteiger partial charge is 0.341 e. The van der Waals surface area contributed by atoms with Crippen LogP contribution in [-0.4, -0.2) is 47.2 Å². The Bertz CT molecular complexity index is 528. The van der Waals surface area contributed by atoms with Crippen LogP contribution in [0.4, 0.5) is 0 Å². The third kappa shape index (κ3) is 3.90. The van der Waals surface area contributed by atoms with Crippen LogP contribution in [-0.2, 0) is 9.59 Å². The number of benzene rings is 1. The molecule has 0 atom stereocenters. The fourth-order valence-corrected chi connectivity index (χ4v) is 2.46. The van der Waals surface area contributed by atoms with Crippen LogP contribution >= 0.6 is 0 Å². The Labute approximate surface area is 124 Å². The van der Waals surface area contributed by atoms with Crippen LogP contribution in [0.25, 0.3) is 0 Å². The summed E-state index contributed by atoms with van der Waals surface area (Å²) in [4.78, 5) is 38.8. The highest BCUT2D eigenvalue weighted by molar-refractivity contribution is 6.04. The van der Waals surface area contributed by atoms with Gasteiger partial charge in [0.05, 0.1) is 0 Å². The highest BCUT2D eigenvalue weighted by atomic mass is 16.2. The van der Waals surface area contributed by atoms with Crippen molar-refractivity contribution in [2.45, 2.75) is 26.2 Å². The molecule has 1 aliphatic rings. The predicted molar refractivity (Wildman–Crippen MR) is 78.6 cm³/mol. The van der Waals surface area contributed by atoms with Crippen LogP contribution in [0.3, 0.4) is 0 Å². The molecule has 0 unspecified atom stereocenters. The molecule has 1 fully saturated rings. The Morgan fingerprint density at radius 3 is 2.52 bits per heavy atom. The van der Waals surface area contributed by atoms with Crippen LogP contribution in [0, 0.1) is 0 Å². The quantitative estimate of drug-likeness (QED) is 0.847. The fourth-order valence-electron chi connectivity index (χ4n) is 2.46. The van der Waals surface area contributed by atoms with Crippen molar-refractivity contribution < 1.29 is 14.4 Å². The lowest BCUT2D eigenvalue weighted by Gasteiger charge is -2.29. The monoisotopic (exact) mass is 288 g/mol. The van der Waals surface area contributed by atoms with E-state index in [9.17, 15) is 14.4 Å². The maximum absolute atomic E-state index is 12.3. The van der Waals surface area contributed by atoms with Gasteiger partial charge in [-0.05, 0) is 25.0 Å². The molecule has 0 spiro atoms. The van der Waals surface area contributed by atoms with Crippen LogP contribution in [0.1, 0.15) is 36.5 Å². The van der Waals surface area contributed by atoms with Gasteiger partial charge in [-0.3, -0.25) is 19.3 Å². The molecule has 0 saturated carbocycles. The van der Waals surface area contributed by atoms with Crippen molar-refractivity contribution in [2.24, 2.45) is 0 Å². The molecule has 2 rings (SSSR count). The Morgan fingerprint density at radius 2 is 1.90 bits per heavy atom. The van der Waals surface area contributed by atoms with Crippen LogP contribution in [0.2, 0.25) is 0 Å². The number of hydrogen-bond donors (Lipinski definition) is 0. The summed E-state index contributed by atoms with van der Waals surface area (Å²) in [5.41, 5.74) is 0.484. The second-order valence-electron chi connectivity index (χ2n) is 5.18. The Morgan fingerprint density at radius 1 is 1.19 bits per heavy atom. The standard InChI is InChI=1S/C16H20N2O3/c1-13(19)18(16(21)14-7-3-2-4-8-14)12-11-17-10-6-5-9-15(17)20/h2-4,7-8H,5-6,9-12H2,1H3. The van der Waals surface area contributed by atoms with Crippen LogP contribution in [0.5, 0.6) is 0 Å². The van der Waals surface area contributed by atoms with Crippen LogP contribution < -0.4 is 0 Å². The molecular weight excluding hydrogens is 268 g/mol. The Hall–Kier alpha value is -2.17. The van der Waals surface area contributed by atoms with Crippen molar-refractivity contribution in [3.05, 3.63) is 35.9 Å². The molecule has 1 aromatic carbocycles. The molecule has 0 bridgehead atoms. The zero-order valence-electron chi connectivity index (χ0n) is 12.2. The first-order valence-electron chi connectivity index (χ1n) is 7.25. The number of piperidine rings is 1. The van der Waals surface area contributed by atoms with E-state index in [-0.39, 0.29) is 24.3 Å². The average molecular weight is 288 g/mol. The summed E-state index contributed by atoms with van der Waals surface area (Å²) in [6, 6.07) is 8.72. The van der Waals surface area contributed by atoms with Crippen molar-refractivity contribution in [3.63, 3.8) is 0 Å². The molecule has 0 aromatic heterocycles. The second-order valence-corrected chi connectivity index (χ2v) is 5.18. The molecule has 3 amide bonds. The Kier molecular flexibility index (Phi) is 5.09. The summed E-state index contributed by atoms with van der Waals surface area (Å²) in [6.07, 6.45) is 2.47. The summed E-state index contributed by atoms with van der Waals surface area (Å²) < 4.78 is 0. The summed E-state index contributed by atoms with van der Waals surface area (Å²) in [6.45, 7) is 2.74. The molecule has 1 saturated heterocycles. The highest BCUT2D eigenvalue weighted by Crippen LogP contribution is 2.11. The fraction of sp³-hybridized carbons (Fsp3) is 0.438. The molecule has 5 nitrogen and oxygen atoms in total. The van der Waals surface area contributed by atoms with Crippen molar-refractivity contribution >= 4 is 17.7 Å². The van der Waals surface area contributed by atoms with Gasteiger partial charge in [-0.15, -0.1) is 0 Å². The first-order chi connectivity index (χ1) is 10.1. The van der Waals surface area contributed by atoms with E-state index in [2.05, 4.69) is 0 Å². The van der Waals surface area contributed by atoms with Crippen molar-refractivity contribution in [1.29, 1.82) is 0 Å². The number of carbonyl (C=O) groups excluding carboxylic acids is 3. The number of amides is 3. The van der Waals surface area contributed by atoms with Gasteiger partial charge < -0.3 is 4.90 Å². The number of rotatable bonds is 4. The number of hydrogen-bond acceptors (Lipinski definition) is 3. The lowest BCUT2D eigenvalue weighted by atomic mass is 10.1. The van der Waals surface area contributed by atoms with Gasteiger partial charge in [-0.25, -0.2) is 0 Å². The lowest BCUT2D eigenvalue weighted by Crippen LogP contribution is -2.44. The molecule has 0 aliphatic carbocycles. The van der Waals surface area contributed by atoms with Crippen molar-refractivity contribution in [1.82, 2.24) is 9.80 Å². The first kappa shape index (κ1) is 15.2. The van der Waals surface area contributed by atoms with Crippen molar-refractivity contribution in [2.75, 3.05) is 19.6 Å². The first-order valence-corrected chi connectivity index (χ1v) is 7.25. The molecular formula is C16H20N2O3. The molecule has 0 radical (unpaired) electrons. The SMILES string of the molecule is CC(=O)N(CCN1CCCCC1=O)C(=O)c1ccccc1. The van der Waals surface area contributed by atoms with E-state index in [0.717, 1.165) is 12.8 Å². The van der Waals surface area contributed by atoms with Gasteiger partial charge in [0, 0.05) is 38.5 Å². The van der Waals surface area contributed by atoms with E-state index in [1.165, 1.54) is 11.8 Å². The summed E-state index contributed by atoms with van der Waals surface area (Å²) in [5, 5.41) is 0. The third-order valence-corrected chi connectivity index (χ3v) is 3.66. The lowest BCUT2D eigenvalue weighted by molar-refractivity contribution is -0.135. The third-order valence-electron chi connectivity index (χ3n) is 3.66. The minimum atomic E-state index is -0.312. The number of imide groups is 1. The van der Waals surface area contributed by atoms with E-state index in [0.29, 0.717) is 25.1 Å². The zero-order chi connectivity index (χ0) is 15.2. The summed E-state index contributed by atoms with van der Waals surface area (Å²) >= 11 is 0. The van der Waals surface area contributed by atoms with Gasteiger partial charge in [0.1, 0.15) is 0 Å². The van der Waals surface area contributed by atoms with E-state index in [1.807, 2.05) is 6.07 Å². The van der Waals surface area contributed by atoms with Gasteiger partial charge in [-0.1, -0.05) is 18.2 Å². The maximum Gasteiger partial charge on any atom is 0.260 e. The van der Waals surface area contributed by atoms with Crippen molar-refractivity contribution in [3.8, 4) is 0 Å². The van der Waals surface area contributed by atoms with Gasteiger partial charge in [-0.2, -0.15) is 0 Å². The topological polar surface area (TPSA) is 57.7 Å². The minimum Gasteiger partial charge on any atom is -0.341 e. The molecule has 1 aliphatic heterocycles. The average Bonchev–Trinajstić information content (AvgIpc) is 2.49. The summed E-state index contributed by atoms with van der Waals surface area (Å²) in [5.74, 6) is -0.502. The van der Waals surface area contributed by atoms with E-state index in [4.69, 9.17) is 0 Å². The number of nitrogens with zero attached hydrogens (tertiary/aromatic N) is 2. The zero-order valence-corrected chi connectivity index (χ0v) is 12.2. The van der Waals surface area contributed by atoms with Gasteiger partial charge in [0.2, 0.25) is 11.8 Å². The number of carbonyl (C=O) groups is 3. The van der Waals surface area contributed by atoms with E-state index >= 15 is 0 Å². The molecule has 0 N–H and O–H groups in total. The predicted octanol–water partition coefficient (Wildman–Crippen LogP) is 1.69. The highest BCUT2D eigenvalue weighted by Gasteiger charge is 2.23. The van der Waals surface area contributed by atoms with E-state index < -0.39 is 0 Å². The smallest absolute Gasteiger partial charge is 0.260 e. The maximum atomic E-state index is 12.3. The van der Waals surface area contributed by atoms with Gasteiger partial charge in [0.25, 0.3) is 5.91 Å². The molecule has 1 heterocycles.